The predicted molar refractivity (Wildman–Crippen MR) is 72.4 cm³/mol. The molecular weight excluding hydrogens is 268 g/mol. The van der Waals surface area contributed by atoms with Crippen molar-refractivity contribution in [2.45, 2.75) is 25.5 Å². The summed E-state index contributed by atoms with van der Waals surface area (Å²) in [4.78, 5) is 23.1. The van der Waals surface area contributed by atoms with Crippen molar-refractivity contribution < 1.29 is 23.8 Å². The molecule has 0 saturated heterocycles. The van der Waals surface area contributed by atoms with Crippen molar-refractivity contribution in [2.75, 3.05) is 20.5 Å². The molecule has 0 amide bonds. The average molecular weight is 286 g/mol. The van der Waals surface area contributed by atoms with E-state index in [0.717, 1.165) is 11.8 Å². The van der Waals surface area contributed by atoms with Gasteiger partial charge in [0.15, 0.2) is 6.79 Å². The number of esters is 1. The van der Waals surface area contributed by atoms with E-state index in [9.17, 15) is 9.59 Å². The third-order valence-corrected chi connectivity index (χ3v) is 3.78. The third kappa shape index (κ3) is 3.84. The van der Waals surface area contributed by atoms with Gasteiger partial charge in [0.1, 0.15) is 5.76 Å². The van der Waals surface area contributed by atoms with E-state index in [1.807, 2.05) is 6.92 Å². The number of thioether (sulfide) groups is 1. The molecule has 1 atom stereocenters. The molecule has 0 spiro atoms. The Labute approximate surface area is 117 Å². The zero-order valence-electron chi connectivity index (χ0n) is 11.5. The topological polar surface area (TPSA) is 61.8 Å². The van der Waals surface area contributed by atoms with Gasteiger partial charge in [-0.15, -0.1) is 0 Å². The molecule has 0 N–H and O–H groups in total. The Morgan fingerprint density at radius 2 is 2.16 bits per heavy atom. The SMILES string of the molecule is CCOC(=O)/C=C/C1(C)SC(=O)C(C)=C1OCOC. The number of rotatable bonds is 6. The van der Waals surface area contributed by atoms with Crippen molar-refractivity contribution >= 4 is 22.8 Å². The van der Waals surface area contributed by atoms with Gasteiger partial charge in [0.05, 0.1) is 11.4 Å². The van der Waals surface area contributed by atoms with Crippen LogP contribution in [-0.4, -0.2) is 36.3 Å². The summed E-state index contributed by atoms with van der Waals surface area (Å²) in [7, 11) is 1.51. The molecule has 1 unspecified atom stereocenters. The largest absolute Gasteiger partial charge is 0.470 e. The Morgan fingerprint density at radius 1 is 1.47 bits per heavy atom. The fraction of sp³-hybridized carbons (Fsp3) is 0.538. The summed E-state index contributed by atoms with van der Waals surface area (Å²) in [6, 6.07) is 0. The Hall–Kier alpha value is -1.27. The average Bonchev–Trinajstić information content (AvgIpc) is 2.57. The van der Waals surface area contributed by atoms with Crippen molar-refractivity contribution in [1.29, 1.82) is 0 Å². The van der Waals surface area contributed by atoms with E-state index in [4.69, 9.17) is 14.2 Å². The molecule has 5 nitrogen and oxygen atoms in total. The fourth-order valence-corrected chi connectivity index (χ4v) is 2.75. The van der Waals surface area contributed by atoms with Crippen molar-refractivity contribution in [3.8, 4) is 0 Å². The monoisotopic (exact) mass is 286 g/mol. The van der Waals surface area contributed by atoms with Crippen LogP contribution in [-0.2, 0) is 23.8 Å². The molecule has 1 aliphatic heterocycles. The molecule has 1 rings (SSSR count). The summed E-state index contributed by atoms with van der Waals surface area (Å²) in [5.74, 6) is 0.0808. The summed E-state index contributed by atoms with van der Waals surface area (Å²) in [6.45, 7) is 5.62. The number of carbonyl (C=O) groups is 2. The van der Waals surface area contributed by atoms with E-state index in [1.54, 1.807) is 19.9 Å². The lowest BCUT2D eigenvalue weighted by atomic mass is 10.0. The minimum Gasteiger partial charge on any atom is -0.470 e. The van der Waals surface area contributed by atoms with Crippen molar-refractivity contribution in [3.05, 3.63) is 23.5 Å². The molecule has 19 heavy (non-hydrogen) atoms. The van der Waals surface area contributed by atoms with Crippen LogP contribution in [0.1, 0.15) is 20.8 Å². The van der Waals surface area contributed by atoms with Gasteiger partial charge in [-0.05, 0) is 20.8 Å². The number of carbonyl (C=O) groups excluding carboxylic acids is 2. The Bertz CT molecular complexity index is 427. The first-order valence-corrected chi connectivity index (χ1v) is 6.68. The number of hydrogen-bond donors (Lipinski definition) is 0. The minimum atomic E-state index is -0.702. The van der Waals surface area contributed by atoms with Gasteiger partial charge in [-0.25, -0.2) is 4.79 Å². The second-order valence-corrected chi connectivity index (χ2v) is 5.51. The highest BCUT2D eigenvalue weighted by molar-refractivity contribution is 8.16. The van der Waals surface area contributed by atoms with E-state index >= 15 is 0 Å². The van der Waals surface area contributed by atoms with Crippen LogP contribution in [0.2, 0.25) is 0 Å². The number of hydrogen-bond acceptors (Lipinski definition) is 6. The summed E-state index contributed by atoms with van der Waals surface area (Å²) in [5, 5.41) is -0.0675. The zero-order chi connectivity index (χ0) is 14.5. The highest BCUT2D eigenvalue weighted by Gasteiger charge is 2.41. The molecule has 0 aromatic rings. The van der Waals surface area contributed by atoms with Crippen LogP contribution >= 0.6 is 11.8 Å². The van der Waals surface area contributed by atoms with E-state index in [0.29, 0.717) is 17.9 Å². The molecule has 1 heterocycles. The van der Waals surface area contributed by atoms with Gasteiger partial charge in [-0.3, -0.25) is 4.79 Å². The molecule has 0 saturated carbocycles. The standard InChI is InChI=1S/C13H18O5S/c1-5-17-10(14)6-7-13(3)11(18-8-16-4)9(2)12(15)19-13/h6-7H,5,8H2,1-4H3/b7-6+. The predicted octanol–water partition coefficient (Wildman–Crippen LogP) is 2.03. The maximum Gasteiger partial charge on any atom is 0.330 e. The first-order valence-electron chi connectivity index (χ1n) is 5.87. The van der Waals surface area contributed by atoms with E-state index in [-0.39, 0.29) is 11.9 Å². The summed E-state index contributed by atoms with van der Waals surface area (Å²) in [6.07, 6.45) is 2.94. The molecular formula is C13H18O5S. The molecule has 106 valence electrons. The lowest BCUT2D eigenvalue weighted by molar-refractivity contribution is -0.137. The van der Waals surface area contributed by atoms with Crippen LogP contribution in [0.3, 0.4) is 0 Å². The zero-order valence-corrected chi connectivity index (χ0v) is 12.3. The van der Waals surface area contributed by atoms with Gasteiger partial charge in [-0.1, -0.05) is 17.8 Å². The maximum absolute atomic E-state index is 11.8. The molecule has 0 aliphatic carbocycles. The molecule has 0 aromatic heterocycles. The molecule has 1 aliphatic rings. The number of methoxy groups -OCH3 is 1. The summed E-state index contributed by atoms with van der Waals surface area (Å²) >= 11 is 1.11. The molecule has 0 fully saturated rings. The Morgan fingerprint density at radius 3 is 2.74 bits per heavy atom. The van der Waals surface area contributed by atoms with Crippen molar-refractivity contribution in [1.82, 2.24) is 0 Å². The number of ether oxygens (including phenoxy) is 3. The highest BCUT2D eigenvalue weighted by atomic mass is 32.2. The molecule has 0 aromatic carbocycles. The van der Waals surface area contributed by atoms with Gasteiger partial charge >= 0.3 is 5.97 Å². The van der Waals surface area contributed by atoms with Crippen LogP contribution in [0.15, 0.2) is 23.5 Å². The normalized spacial score (nSPS) is 23.3. The van der Waals surface area contributed by atoms with Gasteiger partial charge in [0.25, 0.3) is 0 Å². The van der Waals surface area contributed by atoms with Crippen LogP contribution < -0.4 is 0 Å². The van der Waals surface area contributed by atoms with Gasteiger partial charge in [0, 0.05) is 18.8 Å². The van der Waals surface area contributed by atoms with Crippen LogP contribution in [0.25, 0.3) is 0 Å². The van der Waals surface area contributed by atoms with Gasteiger partial charge < -0.3 is 14.2 Å². The van der Waals surface area contributed by atoms with Crippen LogP contribution in [0.4, 0.5) is 0 Å². The smallest absolute Gasteiger partial charge is 0.330 e. The molecule has 0 bridgehead atoms. The lowest BCUT2D eigenvalue weighted by Gasteiger charge is -2.22. The third-order valence-electron chi connectivity index (χ3n) is 2.55. The Kier molecular flexibility index (Phi) is 5.62. The summed E-state index contributed by atoms with van der Waals surface area (Å²) < 4.78 is 14.4. The van der Waals surface area contributed by atoms with E-state index in [2.05, 4.69) is 0 Å². The lowest BCUT2D eigenvalue weighted by Crippen LogP contribution is -2.21. The highest BCUT2D eigenvalue weighted by Crippen LogP contribution is 2.45. The van der Waals surface area contributed by atoms with Crippen molar-refractivity contribution in [2.24, 2.45) is 0 Å². The van der Waals surface area contributed by atoms with Crippen molar-refractivity contribution in [3.63, 3.8) is 0 Å². The quantitative estimate of drug-likeness (QED) is 0.423. The first kappa shape index (κ1) is 15.8. The summed E-state index contributed by atoms with van der Waals surface area (Å²) in [5.41, 5.74) is 0.540. The molecule has 6 heteroatoms. The molecule has 0 radical (unpaired) electrons. The Balaban J connectivity index is 2.90. The fourth-order valence-electron chi connectivity index (χ4n) is 1.68. The van der Waals surface area contributed by atoms with Gasteiger partial charge in [-0.2, -0.15) is 0 Å². The van der Waals surface area contributed by atoms with Crippen LogP contribution in [0, 0.1) is 0 Å². The van der Waals surface area contributed by atoms with E-state index < -0.39 is 10.7 Å². The maximum atomic E-state index is 11.8. The van der Waals surface area contributed by atoms with Gasteiger partial charge in [0.2, 0.25) is 5.12 Å². The van der Waals surface area contributed by atoms with Crippen LogP contribution in [0.5, 0.6) is 0 Å². The van der Waals surface area contributed by atoms with E-state index in [1.165, 1.54) is 13.2 Å². The second kappa shape index (κ2) is 6.77. The second-order valence-electron chi connectivity index (χ2n) is 4.09. The first-order chi connectivity index (χ1) is 8.94. The minimum absolute atomic E-state index is 0.0589.